The van der Waals surface area contributed by atoms with E-state index in [1.54, 1.807) is 6.07 Å². The molecule has 1 aromatic heterocycles. The van der Waals surface area contributed by atoms with Crippen LogP contribution in [0, 0.1) is 0 Å². The fourth-order valence-electron chi connectivity index (χ4n) is 3.17. The zero-order chi connectivity index (χ0) is 19.3. The van der Waals surface area contributed by atoms with Crippen LogP contribution in [0.3, 0.4) is 0 Å². The van der Waals surface area contributed by atoms with Crippen molar-refractivity contribution in [3.8, 4) is 11.3 Å². The summed E-state index contributed by atoms with van der Waals surface area (Å²) < 4.78 is 1.50. The lowest BCUT2D eigenvalue weighted by atomic mass is 10.0. The molecule has 0 radical (unpaired) electrons. The molecule has 5 heteroatoms. The number of carbonyl (C=O) groups excluding carboxylic acids is 1. The lowest BCUT2D eigenvalue weighted by Crippen LogP contribution is -2.30. The van der Waals surface area contributed by atoms with E-state index in [4.69, 9.17) is 0 Å². The Kier molecular flexibility index (Phi) is 4.97. The summed E-state index contributed by atoms with van der Waals surface area (Å²) in [6.45, 7) is 0.700. The summed E-state index contributed by atoms with van der Waals surface area (Å²) in [5.74, 6) is -0.154. The highest BCUT2D eigenvalue weighted by Gasteiger charge is 2.09. The van der Waals surface area contributed by atoms with Crippen LogP contribution in [0.15, 0.2) is 90.0 Å². The molecule has 0 aliphatic rings. The second-order valence-corrected chi connectivity index (χ2v) is 6.45. The van der Waals surface area contributed by atoms with Gasteiger partial charge in [0.15, 0.2) is 0 Å². The molecule has 0 aliphatic carbocycles. The summed E-state index contributed by atoms with van der Waals surface area (Å²) in [6, 6.07) is 24.5. The number of rotatable bonds is 5. The SMILES string of the molecule is O=C(NCCn1cnc(-c2ccccc2)cc1=O)c1cccc2ccccc12. The maximum atomic E-state index is 12.6. The maximum Gasteiger partial charge on any atom is 0.253 e. The van der Waals surface area contributed by atoms with Crippen molar-refractivity contribution in [2.45, 2.75) is 6.54 Å². The summed E-state index contributed by atoms with van der Waals surface area (Å²) in [6.07, 6.45) is 1.52. The van der Waals surface area contributed by atoms with Gasteiger partial charge in [0, 0.05) is 30.3 Å². The van der Waals surface area contributed by atoms with E-state index in [2.05, 4.69) is 10.3 Å². The molecule has 0 aliphatic heterocycles. The number of nitrogens with zero attached hydrogens (tertiary/aromatic N) is 2. The minimum absolute atomic E-state index is 0.145. The van der Waals surface area contributed by atoms with Gasteiger partial charge >= 0.3 is 0 Å². The van der Waals surface area contributed by atoms with Crippen LogP contribution in [0.2, 0.25) is 0 Å². The van der Waals surface area contributed by atoms with Gasteiger partial charge in [0.1, 0.15) is 0 Å². The summed E-state index contributed by atoms with van der Waals surface area (Å²) >= 11 is 0. The topological polar surface area (TPSA) is 64.0 Å². The van der Waals surface area contributed by atoms with E-state index in [-0.39, 0.29) is 11.5 Å². The first kappa shape index (κ1) is 17.7. The summed E-state index contributed by atoms with van der Waals surface area (Å²) in [4.78, 5) is 29.3. The van der Waals surface area contributed by atoms with E-state index in [1.165, 1.54) is 17.0 Å². The molecule has 4 aromatic rings. The van der Waals surface area contributed by atoms with E-state index in [0.29, 0.717) is 24.3 Å². The molecule has 0 atom stereocenters. The predicted octanol–water partition coefficient (Wildman–Crippen LogP) is 3.49. The Balaban J connectivity index is 1.44. The van der Waals surface area contributed by atoms with Crippen LogP contribution in [-0.2, 0) is 6.54 Å². The highest BCUT2D eigenvalue weighted by atomic mass is 16.1. The molecule has 28 heavy (non-hydrogen) atoms. The van der Waals surface area contributed by atoms with Crippen molar-refractivity contribution in [1.82, 2.24) is 14.9 Å². The average molecular weight is 369 g/mol. The van der Waals surface area contributed by atoms with Crippen LogP contribution in [0.25, 0.3) is 22.0 Å². The lowest BCUT2D eigenvalue weighted by molar-refractivity contribution is 0.0954. The fraction of sp³-hybridized carbons (Fsp3) is 0.0870. The number of hydrogen-bond acceptors (Lipinski definition) is 3. The van der Waals surface area contributed by atoms with Crippen molar-refractivity contribution >= 4 is 16.7 Å². The number of nitrogens with one attached hydrogen (secondary N) is 1. The van der Waals surface area contributed by atoms with Crippen molar-refractivity contribution < 1.29 is 4.79 Å². The van der Waals surface area contributed by atoms with Crippen LogP contribution in [0.5, 0.6) is 0 Å². The zero-order valence-electron chi connectivity index (χ0n) is 15.2. The standard InChI is InChI=1S/C23H19N3O2/c27-22-15-21(18-8-2-1-3-9-18)25-16-26(22)14-13-24-23(28)20-12-6-10-17-7-4-5-11-19(17)20/h1-12,15-16H,13-14H2,(H,24,28). The van der Waals surface area contributed by atoms with Gasteiger partial charge in [-0.1, -0.05) is 66.7 Å². The third-order valence-electron chi connectivity index (χ3n) is 4.62. The molecule has 0 saturated heterocycles. The normalized spacial score (nSPS) is 10.7. The Morgan fingerprint density at radius 2 is 1.68 bits per heavy atom. The predicted molar refractivity (Wildman–Crippen MR) is 110 cm³/mol. The highest BCUT2D eigenvalue weighted by Crippen LogP contribution is 2.18. The molecule has 3 aromatic carbocycles. The van der Waals surface area contributed by atoms with Crippen molar-refractivity contribution in [2.75, 3.05) is 6.54 Å². The summed E-state index contributed by atoms with van der Waals surface area (Å²) in [5.41, 5.74) is 2.02. The number of benzene rings is 3. The van der Waals surface area contributed by atoms with Crippen LogP contribution in [0.4, 0.5) is 0 Å². The molecule has 0 spiro atoms. The van der Waals surface area contributed by atoms with Crippen LogP contribution < -0.4 is 10.9 Å². The monoisotopic (exact) mass is 369 g/mol. The molecule has 1 N–H and O–H groups in total. The molecule has 0 bridgehead atoms. The number of aromatic nitrogens is 2. The second-order valence-electron chi connectivity index (χ2n) is 6.45. The lowest BCUT2D eigenvalue weighted by Gasteiger charge is -2.10. The summed E-state index contributed by atoms with van der Waals surface area (Å²) in [7, 11) is 0. The Bertz CT molecular complexity index is 1180. The van der Waals surface area contributed by atoms with Gasteiger partial charge in [-0.15, -0.1) is 0 Å². The smallest absolute Gasteiger partial charge is 0.253 e. The third kappa shape index (κ3) is 3.69. The van der Waals surface area contributed by atoms with Crippen molar-refractivity contribution in [3.05, 3.63) is 101 Å². The average Bonchev–Trinajstić information content (AvgIpc) is 2.75. The Morgan fingerprint density at radius 3 is 2.50 bits per heavy atom. The van der Waals surface area contributed by atoms with E-state index in [9.17, 15) is 9.59 Å². The second kappa shape index (κ2) is 7.88. The highest BCUT2D eigenvalue weighted by molar-refractivity contribution is 6.06. The molecule has 0 saturated carbocycles. The molecular weight excluding hydrogens is 350 g/mol. The van der Waals surface area contributed by atoms with Gasteiger partial charge in [-0.25, -0.2) is 4.98 Å². The number of hydrogen-bond donors (Lipinski definition) is 1. The Morgan fingerprint density at radius 1 is 0.929 bits per heavy atom. The van der Waals surface area contributed by atoms with Crippen LogP contribution in [0.1, 0.15) is 10.4 Å². The van der Waals surface area contributed by atoms with Crippen molar-refractivity contribution in [3.63, 3.8) is 0 Å². The number of carbonyl (C=O) groups is 1. The molecule has 0 fully saturated rings. The first-order valence-corrected chi connectivity index (χ1v) is 9.10. The molecule has 1 amide bonds. The molecule has 4 rings (SSSR count). The van der Waals surface area contributed by atoms with E-state index in [1.807, 2.05) is 66.7 Å². The van der Waals surface area contributed by atoms with Gasteiger partial charge < -0.3 is 5.32 Å². The number of amides is 1. The van der Waals surface area contributed by atoms with Gasteiger partial charge in [0.2, 0.25) is 0 Å². The quantitative estimate of drug-likeness (QED) is 0.586. The van der Waals surface area contributed by atoms with Gasteiger partial charge in [-0.05, 0) is 16.8 Å². The van der Waals surface area contributed by atoms with Gasteiger partial charge in [-0.2, -0.15) is 0 Å². The van der Waals surface area contributed by atoms with E-state index >= 15 is 0 Å². The van der Waals surface area contributed by atoms with Gasteiger partial charge in [0.05, 0.1) is 12.0 Å². The fourth-order valence-corrected chi connectivity index (χ4v) is 3.17. The molecule has 1 heterocycles. The first-order valence-electron chi connectivity index (χ1n) is 9.10. The van der Waals surface area contributed by atoms with Gasteiger partial charge in [-0.3, -0.25) is 14.2 Å². The third-order valence-corrected chi connectivity index (χ3v) is 4.62. The molecule has 5 nitrogen and oxygen atoms in total. The van der Waals surface area contributed by atoms with Crippen molar-refractivity contribution in [2.24, 2.45) is 0 Å². The van der Waals surface area contributed by atoms with E-state index in [0.717, 1.165) is 16.3 Å². The van der Waals surface area contributed by atoms with Gasteiger partial charge in [0.25, 0.3) is 11.5 Å². The zero-order valence-corrected chi connectivity index (χ0v) is 15.2. The maximum absolute atomic E-state index is 12.6. The first-order chi connectivity index (χ1) is 13.7. The summed E-state index contributed by atoms with van der Waals surface area (Å²) in [5, 5.41) is 4.82. The number of fused-ring (bicyclic) bond motifs is 1. The van der Waals surface area contributed by atoms with E-state index < -0.39 is 0 Å². The van der Waals surface area contributed by atoms with Crippen LogP contribution in [-0.4, -0.2) is 22.0 Å². The molecular formula is C23H19N3O2. The van der Waals surface area contributed by atoms with Crippen LogP contribution >= 0.6 is 0 Å². The minimum Gasteiger partial charge on any atom is -0.350 e. The van der Waals surface area contributed by atoms with Crippen molar-refractivity contribution in [1.29, 1.82) is 0 Å². The molecule has 0 unspecified atom stereocenters. The largest absolute Gasteiger partial charge is 0.350 e. The Labute approximate surface area is 162 Å². The Hall–Kier alpha value is -3.73. The molecule has 138 valence electrons. The minimum atomic E-state index is -0.154.